The van der Waals surface area contributed by atoms with Gasteiger partial charge >= 0.3 is 5.97 Å². The number of halogens is 2. The zero-order chi connectivity index (χ0) is 19.8. The molecule has 1 amide bonds. The second-order valence-corrected chi connectivity index (χ2v) is 6.14. The Kier molecular flexibility index (Phi) is 7.69. The SMILES string of the molecule is CCOc1ccc(OCC(=O)O[C@H](C)C(=O)Nc2ncc(Cl)cc2Cl)cc1. The van der Waals surface area contributed by atoms with E-state index in [1.165, 1.54) is 19.2 Å². The Morgan fingerprint density at radius 2 is 1.78 bits per heavy atom. The molecule has 9 heteroatoms. The first-order valence-electron chi connectivity index (χ1n) is 8.06. The van der Waals surface area contributed by atoms with Crippen LogP contribution in [0.15, 0.2) is 36.5 Å². The molecule has 1 aromatic heterocycles. The molecule has 1 aromatic carbocycles. The molecule has 2 aromatic rings. The molecule has 0 radical (unpaired) electrons. The van der Waals surface area contributed by atoms with Gasteiger partial charge in [0.1, 0.15) is 11.5 Å². The second kappa shape index (κ2) is 9.99. The third kappa shape index (κ3) is 6.62. The minimum Gasteiger partial charge on any atom is -0.494 e. The quantitative estimate of drug-likeness (QED) is 0.664. The van der Waals surface area contributed by atoms with Gasteiger partial charge in [-0.3, -0.25) is 4.79 Å². The van der Waals surface area contributed by atoms with Crippen LogP contribution in [-0.4, -0.2) is 36.2 Å². The van der Waals surface area contributed by atoms with Crippen molar-refractivity contribution in [2.45, 2.75) is 20.0 Å². The van der Waals surface area contributed by atoms with Crippen molar-refractivity contribution >= 4 is 40.9 Å². The summed E-state index contributed by atoms with van der Waals surface area (Å²) in [5, 5.41) is 2.97. The number of amides is 1. The predicted molar refractivity (Wildman–Crippen MR) is 102 cm³/mol. The molecule has 0 bridgehead atoms. The molecule has 0 saturated carbocycles. The number of rotatable bonds is 8. The van der Waals surface area contributed by atoms with Crippen LogP contribution in [0.25, 0.3) is 0 Å². The van der Waals surface area contributed by atoms with Crippen molar-refractivity contribution in [2.24, 2.45) is 0 Å². The van der Waals surface area contributed by atoms with Gasteiger partial charge in [0.05, 0.1) is 16.7 Å². The molecule has 1 atom stereocenters. The van der Waals surface area contributed by atoms with Gasteiger partial charge in [0.2, 0.25) is 0 Å². The smallest absolute Gasteiger partial charge is 0.344 e. The fourth-order valence-corrected chi connectivity index (χ4v) is 2.38. The number of nitrogens with one attached hydrogen (secondary N) is 1. The molecule has 0 fully saturated rings. The molecule has 1 N–H and O–H groups in total. The monoisotopic (exact) mass is 412 g/mol. The fourth-order valence-electron chi connectivity index (χ4n) is 1.95. The van der Waals surface area contributed by atoms with Crippen LogP contribution in [0, 0.1) is 0 Å². The van der Waals surface area contributed by atoms with Crippen LogP contribution in [0.2, 0.25) is 10.0 Å². The number of aromatic nitrogens is 1. The number of anilines is 1. The normalized spacial score (nSPS) is 11.4. The summed E-state index contributed by atoms with van der Waals surface area (Å²) in [7, 11) is 0. The van der Waals surface area contributed by atoms with Crippen molar-refractivity contribution in [3.63, 3.8) is 0 Å². The average molecular weight is 413 g/mol. The van der Waals surface area contributed by atoms with Crippen LogP contribution in [0.4, 0.5) is 5.82 Å². The predicted octanol–water partition coefficient (Wildman–Crippen LogP) is 3.74. The Morgan fingerprint density at radius 3 is 2.37 bits per heavy atom. The molecule has 0 spiro atoms. The van der Waals surface area contributed by atoms with Gasteiger partial charge in [0.25, 0.3) is 5.91 Å². The number of benzene rings is 1. The molecule has 0 unspecified atom stereocenters. The highest BCUT2D eigenvalue weighted by atomic mass is 35.5. The van der Waals surface area contributed by atoms with Crippen LogP contribution < -0.4 is 14.8 Å². The van der Waals surface area contributed by atoms with Crippen LogP contribution >= 0.6 is 23.2 Å². The van der Waals surface area contributed by atoms with Crippen molar-refractivity contribution < 1.29 is 23.8 Å². The summed E-state index contributed by atoms with van der Waals surface area (Å²) < 4.78 is 15.7. The number of carbonyl (C=O) groups is 2. The summed E-state index contributed by atoms with van der Waals surface area (Å²) in [5.41, 5.74) is 0. The Bertz CT molecular complexity index is 799. The van der Waals surface area contributed by atoms with Gasteiger partial charge in [-0.25, -0.2) is 9.78 Å². The maximum atomic E-state index is 12.1. The lowest BCUT2D eigenvalue weighted by molar-refractivity contribution is -0.155. The van der Waals surface area contributed by atoms with Gasteiger partial charge in [0.15, 0.2) is 18.5 Å². The Labute approximate surface area is 166 Å². The Hall–Kier alpha value is -2.51. The minimum absolute atomic E-state index is 0.125. The summed E-state index contributed by atoms with van der Waals surface area (Å²) in [6, 6.07) is 8.23. The van der Waals surface area contributed by atoms with E-state index in [-0.39, 0.29) is 17.4 Å². The number of pyridine rings is 1. The first-order chi connectivity index (χ1) is 12.9. The van der Waals surface area contributed by atoms with Crippen LogP contribution in [0.1, 0.15) is 13.8 Å². The lowest BCUT2D eigenvalue weighted by Gasteiger charge is -2.14. The second-order valence-electron chi connectivity index (χ2n) is 5.30. The average Bonchev–Trinajstić information content (AvgIpc) is 2.63. The van der Waals surface area contributed by atoms with Crippen molar-refractivity contribution in [1.82, 2.24) is 4.98 Å². The highest BCUT2D eigenvalue weighted by Gasteiger charge is 2.19. The van der Waals surface area contributed by atoms with E-state index < -0.39 is 18.0 Å². The van der Waals surface area contributed by atoms with Crippen molar-refractivity contribution in [2.75, 3.05) is 18.5 Å². The fraction of sp³-hybridized carbons (Fsp3) is 0.278. The van der Waals surface area contributed by atoms with Crippen molar-refractivity contribution in [1.29, 1.82) is 0 Å². The maximum absolute atomic E-state index is 12.1. The van der Waals surface area contributed by atoms with Gasteiger partial charge in [-0.1, -0.05) is 23.2 Å². The summed E-state index contributed by atoms with van der Waals surface area (Å²) in [4.78, 5) is 27.8. The lowest BCUT2D eigenvalue weighted by atomic mass is 10.3. The number of ether oxygens (including phenoxy) is 3. The highest BCUT2D eigenvalue weighted by Crippen LogP contribution is 2.22. The van der Waals surface area contributed by atoms with E-state index in [9.17, 15) is 9.59 Å². The van der Waals surface area contributed by atoms with Gasteiger partial charge in [-0.05, 0) is 44.2 Å². The first-order valence-corrected chi connectivity index (χ1v) is 8.81. The molecule has 0 aliphatic rings. The molecular weight excluding hydrogens is 395 g/mol. The molecule has 2 rings (SSSR count). The van der Waals surface area contributed by atoms with Crippen LogP contribution in [0.5, 0.6) is 11.5 Å². The molecule has 1 heterocycles. The Balaban J connectivity index is 1.81. The van der Waals surface area contributed by atoms with E-state index in [1.54, 1.807) is 24.3 Å². The molecule has 7 nitrogen and oxygen atoms in total. The number of esters is 1. The van der Waals surface area contributed by atoms with Crippen LogP contribution in [0.3, 0.4) is 0 Å². The summed E-state index contributed by atoms with van der Waals surface area (Å²) >= 11 is 11.7. The Morgan fingerprint density at radius 1 is 1.15 bits per heavy atom. The molecule has 0 saturated heterocycles. The van der Waals surface area contributed by atoms with E-state index in [1.807, 2.05) is 6.92 Å². The number of carbonyl (C=O) groups excluding carboxylic acids is 2. The van der Waals surface area contributed by atoms with Crippen molar-refractivity contribution in [3.05, 3.63) is 46.6 Å². The molecule has 0 aliphatic heterocycles. The highest BCUT2D eigenvalue weighted by molar-refractivity contribution is 6.36. The van der Waals surface area contributed by atoms with E-state index >= 15 is 0 Å². The summed E-state index contributed by atoms with van der Waals surface area (Å²) in [6.07, 6.45) is 0.277. The minimum atomic E-state index is -1.06. The third-order valence-corrected chi connectivity index (χ3v) is 3.71. The van der Waals surface area contributed by atoms with E-state index in [0.29, 0.717) is 23.1 Å². The molecular formula is C18H18Cl2N2O5. The van der Waals surface area contributed by atoms with E-state index in [0.717, 1.165) is 0 Å². The largest absolute Gasteiger partial charge is 0.494 e. The number of hydrogen-bond acceptors (Lipinski definition) is 6. The summed E-state index contributed by atoms with van der Waals surface area (Å²) in [6.45, 7) is 3.53. The zero-order valence-electron chi connectivity index (χ0n) is 14.7. The van der Waals surface area contributed by atoms with Gasteiger partial charge in [-0.2, -0.15) is 0 Å². The zero-order valence-corrected chi connectivity index (χ0v) is 16.2. The number of nitrogens with zero attached hydrogens (tertiary/aromatic N) is 1. The summed E-state index contributed by atoms with van der Waals surface area (Å²) in [5.74, 6) is 0.0271. The third-order valence-electron chi connectivity index (χ3n) is 3.22. The van der Waals surface area contributed by atoms with Gasteiger partial charge in [-0.15, -0.1) is 0 Å². The topological polar surface area (TPSA) is 86.8 Å². The standard InChI is InChI=1S/C18H18Cl2N2O5/c1-3-25-13-4-6-14(7-5-13)26-10-16(23)27-11(2)18(24)22-17-15(20)8-12(19)9-21-17/h4-9,11H,3,10H2,1-2H3,(H,21,22,24)/t11-/m1/s1. The maximum Gasteiger partial charge on any atom is 0.344 e. The molecule has 0 aliphatic carbocycles. The van der Waals surface area contributed by atoms with Crippen molar-refractivity contribution in [3.8, 4) is 11.5 Å². The molecule has 144 valence electrons. The van der Waals surface area contributed by atoms with Gasteiger partial charge in [0, 0.05) is 6.20 Å². The van der Waals surface area contributed by atoms with Crippen LogP contribution in [-0.2, 0) is 14.3 Å². The number of hydrogen-bond donors (Lipinski definition) is 1. The lowest BCUT2D eigenvalue weighted by Crippen LogP contribution is -2.32. The first kappa shape index (κ1) is 20.8. The van der Waals surface area contributed by atoms with Gasteiger partial charge < -0.3 is 19.5 Å². The van der Waals surface area contributed by atoms with E-state index in [4.69, 9.17) is 37.4 Å². The van der Waals surface area contributed by atoms with E-state index in [2.05, 4.69) is 10.3 Å². The molecule has 27 heavy (non-hydrogen) atoms.